The predicted octanol–water partition coefficient (Wildman–Crippen LogP) is 3.05. The number of hydrogen-bond donors (Lipinski definition) is 3. The first-order valence-corrected chi connectivity index (χ1v) is 12.1. The molecule has 3 rings (SSSR count). The lowest BCUT2D eigenvalue weighted by Gasteiger charge is -2.36. The first kappa shape index (κ1) is 25.8. The molecule has 3 atom stereocenters. The van der Waals surface area contributed by atoms with Crippen LogP contribution in [-0.2, 0) is 16.0 Å². The van der Waals surface area contributed by atoms with E-state index in [1.54, 1.807) is 30.1 Å². The molecule has 10 heteroatoms. The van der Waals surface area contributed by atoms with E-state index in [1.807, 2.05) is 36.7 Å². The summed E-state index contributed by atoms with van der Waals surface area (Å²) in [4.78, 5) is 42.4. The Morgan fingerprint density at radius 1 is 1.35 bits per heavy atom. The number of nitrogens with one attached hydrogen (secondary N) is 2. The first-order chi connectivity index (χ1) is 16.1. The third-order valence-corrected chi connectivity index (χ3v) is 7.17. The van der Waals surface area contributed by atoms with Gasteiger partial charge in [0, 0.05) is 31.5 Å². The van der Waals surface area contributed by atoms with Crippen molar-refractivity contribution in [3.05, 3.63) is 41.0 Å². The van der Waals surface area contributed by atoms with Gasteiger partial charge >= 0.3 is 6.09 Å². The van der Waals surface area contributed by atoms with E-state index in [2.05, 4.69) is 15.6 Å². The number of aromatic nitrogens is 1. The van der Waals surface area contributed by atoms with Crippen LogP contribution in [0.5, 0.6) is 0 Å². The number of aldehydes is 1. The molecule has 0 spiro atoms. The lowest BCUT2D eigenvalue weighted by atomic mass is 9.84. The number of benzene rings is 1. The smallest absolute Gasteiger partial charge is 0.405 e. The quantitative estimate of drug-likeness (QED) is 0.442. The molecule has 2 amide bonds. The minimum atomic E-state index is -1.31. The van der Waals surface area contributed by atoms with Crippen LogP contribution in [0.2, 0.25) is 0 Å². The van der Waals surface area contributed by atoms with Gasteiger partial charge in [-0.2, -0.15) is 0 Å². The number of aryl methyl sites for hydroxylation is 1. The maximum atomic E-state index is 14.2. The fraction of sp³-hybridized carbons (Fsp3) is 0.500. The number of amides is 2. The fourth-order valence-electron chi connectivity index (χ4n) is 4.31. The molecule has 184 valence electrons. The zero-order valence-corrected chi connectivity index (χ0v) is 20.4. The molecular formula is C24H31FN4O4S. The number of carbonyl (C=O) groups is 3. The molecule has 2 heterocycles. The van der Waals surface area contributed by atoms with Crippen molar-refractivity contribution in [2.75, 3.05) is 19.6 Å². The van der Waals surface area contributed by atoms with Crippen molar-refractivity contribution in [1.82, 2.24) is 20.5 Å². The van der Waals surface area contributed by atoms with E-state index in [-0.39, 0.29) is 25.4 Å². The van der Waals surface area contributed by atoms with Crippen LogP contribution in [0, 0.1) is 12.3 Å². The fourth-order valence-corrected chi connectivity index (χ4v) is 5.12. The van der Waals surface area contributed by atoms with E-state index < -0.39 is 29.8 Å². The molecule has 0 bridgehead atoms. The highest BCUT2D eigenvalue weighted by Gasteiger charge is 2.41. The Morgan fingerprint density at radius 2 is 2.06 bits per heavy atom. The van der Waals surface area contributed by atoms with Gasteiger partial charge in [0.05, 0.1) is 28.2 Å². The number of carboxylic acid groups (broad SMARTS) is 1. The number of halogens is 1. The first-order valence-electron chi connectivity index (χ1n) is 11.2. The summed E-state index contributed by atoms with van der Waals surface area (Å²) in [7, 11) is 0. The predicted molar refractivity (Wildman–Crippen MR) is 129 cm³/mol. The average molecular weight is 491 g/mol. The Labute approximate surface area is 202 Å². The summed E-state index contributed by atoms with van der Waals surface area (Å²) in [5, 5.41) is 14.1. The van der Waals surface area contributed by atoms with E-state index in [1.165, 1.54) is 0 Å². The normalized spacial score (nSPS) is 19.5. The molecule has 3 N–H and O–H groups in total. The van der Waals surface area contributed by atoms with Crippen molar-refractivity contribution < 1.29 is 23.9 Å². The Balaban J connectivity index is 1.55. The Bertz CT molecular complexity index is 1010. The van der Waals surface area contributed by atoms with Crippen LogP contribution in [0.15, 0.2) is 29.8 Å². The van der Waals surface area contributed by atoms with Gasteiger partial charge in [0.1, 0.15) is 12.5 Å². The number of hydrogen-bond acceptors (Lipinski definition) is 6. The van der Waals surface area contributed by atoms with E-state index in [0.29, 0.717) is 19.3 Å². The highest BCUT2D eigenvalue weighted by molar-refractivity contribution is 7.13. The van der Waals surface area contributed by atoms with Gasteiger partial charge in [0.2, 0.25) is 5.91 Å². The van der Waals surface area contributed by atoms with Crippen molar-refractivity contribution in [1.29, 1.82) is 0 Å². The van der Waals surface area contributed by atoms with Gasteiger partial charge in [0.25, 0.3) is 0 Å². The van der Waals surface area contributed by atoms with E-state index in [9.17, 15) is 18.8 Å². The van der Waals surface area contributed by atoms with E-state index >= 15 is 0 Å². The molecule has 0 unspecified atom stereocenters. The van der Waals surface area contributed by atoms with Crippen molar-refractivity contribution in [2.45, 2.75) is 51.9 Å². The largest absolute Gasteiger partial charge is 0.465 e. The van der Waals surface area contributed by atoms with Crippen LogP contribution in [0.4, 0.5) is 9.18 Å². The second-order valence-electron chi connectivity index (χ2n) is 9.33. The molecule has 0 aliphatic carbocycles. The van der Waals surface area contributed by atoms with E-state index in [4.69, 9.17) is 5.11 Å². The minimum absolute atomic E-state index is 0.0681. The van der Waals surface area contributed by atoms with Gasteiger partial charge in [-0.25, -0.2) is 14.2 Å². The third-order valence-electron chi connectivity index (χ3n) is 6.20. The molecule has 1 aromatic carbocycles. The highest BCUT2D eigenvalue weighted by atomic mass is 32.1. The molecule has 1 aromatic heterocycles. The van der Waals surface area contributed by atoms with Crippen LogP contribution in [0.3, 0.4) is 0 Å². The van der Waals surface area contributed by atoms with Gasteiger partial charge in [-0.15, -0.1) is 11.3 Å². The van der Waals surface area contributed by atoms with Crippen LogP contribution in [-0.4, -0.2) is 71.2 Å². The number of nitrogens with zero attached hydrogens (tertiary/aromatic N) is 2. The number of likely N-dealkylation sites (tertiary alicyclic amines) is 1. The lowest BCUT2D eigenvalue weighted by Crippen LogP contribution is -2.53. The molecular weight excluding hydrogens is 459 g/mol. The summed E-state index contributed by atoms with van der Waals surface area (Å²) in [5.41, 5.74) is 4.19. The summed E-state index contributed by atoms with van der Waals surface area (Å²) >= 11 is 1.60. The molecule has 0 saturated carbocycles. The second-order valence-corrected chi connectivity index (χ2v) is 10.2. The maximum absolute atomic E-state index is 14.2. The SMILES string of the molecule is Cc1ncsc1-c1ccc(CCNC(=O)[C@@H]2C[C@H](F)CN2CC(C)(C)[C@@H](C=O)NC(=O)O)cc1. The zero-order valence-electron chi connectivity index (χ0n) is 19.6. The number of thiazole rings is 1. The Kier molecular flexibility index (Phi) is 8.37. The van der Waals surface area contributed by atoms with Crippen molar-refractivity contribution >= 4 is 29.6 Å². The van der Waals surface area contributed by atoms with Crippen molar-refractivity contribution in [3.8, 4) is 10.4 Å². The monoisotopic (exact) mass is 490 g/mol. The third kappa shape index (κ3) is 6.38. The molecule has 34 heavy (non-hydrogen) atoms. The minimum Gasteiger partial charge on any atom is -0.465 e. The summed E-state index contributed by atoms with van der Waals surface area (Å²) in [6.45, 7) is 6.11. The van der Waals surface area contributed by atoms with Crippen molar-refractivity contribution in [3.63, 3.8) is 0 Å². The molecule has 1 aliphatic heterocycles. The van der Waals surface area contributed by atoms with E-state index in [0.717, 1.165) is 21.7 Å². The van der Waals surface area contributed by atoms with Gasteiger partial charge in [0.15, 0.2) is 0 Å². The Hall–Kier alpha value is -2.85. The maximum Gasteiger partial charge on any atom is 0.405 e. The van der Waals surface area contributed by atoms with Gasteiger partial charge in [-0.3, -0.25) is 9.69 Å². The molecule has 0 radical (unpaired) electrons. The Morgan fingerprint density at radius 3 is 2.65 bits per heavy atom. The number of rotatable bonds is 10. The second kappa shape index (κ2) is 11.1. The molecule has 1 fully saturated rings. The summed E-state index contributed by atoms with van der Waals surface area (Å²) in [6, 6.07) is 6.50. The average Bonchev–Trinajstić information content (AvgIpc) is 3.36. The summed E-state index contributed by atoms with van der Waals surface area (Å²) in [5.74, 6) is -0.262. The van der Waals surface area contributed by atoms with Crippen LogP contribution in [0.25, 0.3) is 10.4 Å². The van der Waals surface area contributed by atoms with Crippen molar-refractivity contribution in [2.24, 2.45) is 5.41 Å². The topological polar surface area (TPSA) is 112 Å². The van der Waals surface area contributed by atoms with Gasteiger partial charge in [-0.1, -0.05) is 38.1 Å². The van der Waals surface area contributed by atoms with Gasteiger partial charge in [-0.05, 0) is 24.5 Å². The summed E-state index contributed by atoms with van der Waals surface area (Å²) in [6.07, 6.45) is -1.21. The van der Waals surface area contributed by atoms with Crippen LogP contribution < -0.4 is 10.6 Å². The highest BCUT2D eigenvalue weighted by Crippen LogP contribution is 2.29. The molecule has 1 aliphatic rings. The zero-order chi connectivity index (χ0) is 24.9. The van der Waals surface area contributed by atoms with Crippen LogP contribution in [0.1, 0.15) is 31.5 Å². The lowest BCUT2D eigenvalue weighted by molar-refractivity contribution is -0.126. The van der Waals surface area contributed by atoms with Gasteiger partial charge < -0.3 is 20.5 Å². The number of alkyl halides is 1. The number of carbonyl (C=O) groups excluding carboxylic acids is 2. The van der Waals surface area contributed by atoms with Crippen LogP contribution >= 0.6 is 11.3 Å². The molecule has 8 nitrogen and oxygen atoms in total. The summed E-state index contributed by atoms with van der Waals surface area (Å²) < 4.78 is 14.2. The molecule has 2 aromatic rings. The molecule has 1 saturated heterocycles. The standard InChI is InChI=1S/C24H31FN4O4S/c1-15-21(34-14-27-15)17-6-4-16(5-7-17)8-9-26-22(31)19-10-18(25)11-29(19)13-24(2,3)20(12-30)28-23(32)33/h4-7,12,14,18-20,28H,8-11,13H2,1-3H3,(H,26,31)(H,32,33)/t18-,19-,20+/m0/s1.